The van der Waals surface area contributed by atoms with Gasteiger partial charge in [0.05, 0.1) is 6.04 Å². The van der Waals surface area contributed by atoms with Crippen LogP contribution in [0.25, 0.3) is 10.8 Å². The molecule has 15 heavy (non-hydrogen) atoms. The van der Waals surface area contributed by atoms with E-state index in [0.29, 0.717) is 0 Å². The third-order valence-corrected chi connectivity index (χ3v) is 2.56. The van der Waals surface area contributed by atoms with Crippen LogP contribution in [0, 0.1) is 0 Å². The van der Waals surface area contributed by atoms with Crippen molar-refractivity contribution in [3.05, 3.63) is 54.6 Å². The Kier molecular flexibility index (Phi) is 2.66. The van der Waals surface area contributed by atoms with E-state index < -0.39 is 0 Å². The molecule has 0 aromatic heterocycles. The number of hydrogen-bond acceptors (Lipinski definition) is 1. The molecule has 1 heteroatoms. The third-order valence-electron chi connectivity index (χ3n) is 2.56. The lowest BCUT2D eigenvalue weighted by molar-refractivity contribution is 0.836. The third kappa shape index (κ3) is 1.83. The van der Waals surface area contributed by atoms with Crippen molar-refractivity contribution in [3.63, 3.8) is 0 Å². The number of fused-ring (bicyclic) bond motifs is 1. The smallest absolute Gasteiger partial charge is 0.0820 e. The van der Waals surface area contributed by atoms with E-state index in [2.05, 4.69) is 60.8 Å². The molecule has 0 heterocycles. The summed E-state index contributed by atoms with van der Waals surface area (Å²) in [6, 6.07) is 14.7. The van der Waals surface area contributed by atoms with E-state index >= 15 is 0 Å². The highest BCUT2D eigenvalue weighted by molar-refractivity contribution is 5.86. The van der Waals surface area contributed by atoms with Crippen LogP contribution in [0.1, 0.15) is 18.5 Å². The molecule has 0 saturated heterocycles. The SMILES string of the molecule is C=C=NC(C)c1cccc2ccccc12. The van der Waals surface area contributed by atoms with Gasteiger partial charge in [-0.15, -0.1) is 0 Å². The van der Waals surface area contributed by atoms with Crippen LogP contribution in [0.5, 0.6) is 0 Å². The van der Waals surface area contributed by atoms with Crippen molar-refractivity contribution in [2.75, 3.05) is 0 Å². The first-order chi connectivity index (χ1) is 7.33. The van der Waals surface area contributed by atoms with Gasteiger partial charge in [-0.25, -0.2) is 4.99 Å². The molecule has 0 spiro atoms. The Morgan fingerprint density at radius 3 is 2.67 bits per heavy atom. The Balaban J connectivity index is 2.65. The van der Waals surface area contributed by atoms with Crippen molar-refractivity contribution in [3.8, 4) is 0 Å². The molecule has 0 saturated carbocycles. The Bertz CT molecular complexity index is 516. The van der Waals surface area contributed by atoms with Crippen LogP contribution < -0.4 is 0 Å². The predicted octanol–water partition coefficient (Wildman–Crippen LogP) is 3.76. The molecule has 74 valence electrons. The van der Waals surface area contributed by atoms with Gasteiger partial charge in [-0.2, -0.15) is 0 Å². The van der Waals surface area contributed by atoms with E-state index in [4.69, 9.17) is 0 Å². The van der Waals surface area contributed by atoms with E-state index in [9.17, 15) is 0 Å². The highest BCUT2D eigenvalue weighted by Gasteiger charge is 2.06. The Morgan fingerprint density at radius 1 is 1.13 bits per heavy atom. The summed E-state index contributed by atoms with van der Waals surface area (Å²) in [6.45, 7) is 5.57. The molecule has 2 aromatic carbocycles. The molecular formula is C14H13N. The maximum Gasteiger partial charge on any atom is 0.0820 e. The van der Waals surface area contributed by atoms with Gasteiger partial charge in [0.2, 0.25) is 0 Å². The maximum atomic E-state index is 4.18. The van der Waals surface area contributed by atoms with Crippen LogP contribution in [0.15, 0.2) is 54.0 Å². The van der Waals surface area contributed by atoms with E-state index in [1.807, 2.05) is 6.07 Å². The molecule has 0 aliphatic rings. The highest BCUT2D eigenvalue weighted by atomic mass is 14.7. The van der Waals surface area contributed by atoms with Crippen LogP contribution in [-0.2, 0) is 0 Å². The number of hydrogen-bond donors (Lipinski definition) is 0. The first-order valence-corrected chi connectivity index (χ1v) is 5.02. The quantitative estimate of drug-likeness (QED) is 0.647. The maximum absolute atomic E-state index is 4.18. The molecule has 0 fully saturated rings. The van der Waals surface area contributed by atoms with Gasteiger partial charge in [0.25, 0.3) is 0 Å². The average Bonchev–Trinajstić information content (AvgIpc) is 2.28. The molecule has 0 aliphatic heterocycles. The highest BCUT2D eigenvalue weighted by Crippen LogP contribution is 2.25. The van der Waals surface area contributed by atoms with Crippen molar-refractivity contribution in [2.24, 2.45) is 4.99 Å². The Labute approximate surface area is 89.8 Å². The summed E-state index contributed by atoms with van der Waals surface area (Å²) >= 11 is 0. The molecule has 0 radical (unpaired) electrons. The summed E-state index contributed by atoms with van der Waals surface area (Å²) in [4.78, 5) is 4.18. The van der Waals surface area contributed by atoms with E-state index in [1.54, 1.807) is 0 Å². The Morgan fingerprint density at radius 2 is 1.87 bits per heavy atom. The molecule has 2 aromatic rings. The van der Waals surface area contributed by atoms with Gasteiger partial charge in [0.1, 0.15) is 0 Å². The van der Waals surface area contributed by atoms with Crippen LogP contribution in [0.3, 0.4) is 0 Å². The zero-order chi connectivity index (χ0) is 10.7. The lowest BCUT2D eigenvalue weighted by Crippen LogP contribution is -1.90. The lowest BCUT2D eigenvalue weighted by atomic mass is 10.0. The molecule has 0 amide bonds. The monoisotopic (exact) mass is 195 g/mol. The van der Waals surface area contributed by atoms with Crippen LogP contribution in [0.2, 0.25) is 0 Å². The fourth-order valence-electron chi connectivity index (χ4n) is 1.82. The topological polar surface area (TPSA) is 12.4 Å². The van der Waals surface area contributed by atoms with Gasteiger partial charge in [-0.05, 0) is 35.7 Å². The zero-order valence-electron chi connectivity index (χ0n) is 8.77. The summed E-state index contributed by atoms with van der Waals surface area (Å²) in [7, 11) is 0. The van der Waals surface area contributed by atoms with E-state index in [0.717, 1.165) is 0 Å². The van der Waals surface area contributed by atoms with Crippen LogP contribution in [0.4, 0.5) is 0 Å². The van der Waals surface area contributed by atoms with Gasteiger partial charge < -0.3 is 0 Å². The number of rotatable bonds is 2. The summed E-state index contributed by atoms with van der Waals surface area (Å²) < 4.78 is 0. The van der Waals surface area contributed by atoms with Gasteiger partial charge in [0.15, 0.2) is 0 Å². The molecule has 0 bridgehead atoms. The molecular weight excluding hydrogens is 182 g/mol. The summed E-state index contributed by atoms with van der Waals surface area (Å²) in [6.07, 6.45) is 0. The average molecular weight is 195 g/mol. The minimum atomic E-state index is 0.119. The van der Waals surface area contributed by atoms with E-state index in [1.165, 1.54) is 16.3 Å². The first kappa shape index (κ1) is 9.70. The molecule has 0 N–H and O–H groups in total. The summed E-state index contributed by atoms with van der Waals surface area (Å²) in [5.41, 5.74) is 1.23. The van der Waals surface area contributed by atoms with Gasteiger partial charge in [0, 0.05) is 0 Å². The normalized spacial score (nSPS) is 12.1. The van der Waals surface area contributed by atoms with Gasteiger partial charge >= 0.3 is 0 Å². The minimum Gasteiger partial charge on any atom is -0.236 e. The number of aliphatic imine (C=N–C) groups is 1. The van der Waals surface area contributed by atoms with Crippen molar-refractivity contribution in [2.45, 2.75) is 13.0 Å². The molecule has 0 aliphatic carbocycles. The second kappa shape index (κ2) is 4.12. The molecule has 1 unspecified atom stereocenters. The summed E-state index contributed by atoms with van der Waals surface area (Å²) in [5, 5.41) is 2.51. The second-order valence-corrected chi connectivity index (χ2v) is 3.53. The van der Waals surface area contributed by atoms with Crippen LogP contribution in [-0.4, -0.2) is 5.87 Å². The predicted molar refractivity (Wildman–Crippen MR) is 65.4 cm³/mol. The number of benzene rings is 2. The van der Waals surface area contributed by atoms with Crippen molar-refractivity contribution in [1.82, 2.24) is 0 Å². The van der Waals surface area contributed by atoms with Gasteiger partial charge in [-0.3, -0.25) is 0 Å². The minimum absolute atomic E-state index is 0.119. The fourth-order valence-corrected chi connectivity index (χ4v) is 1.82. The van der Waals surface area contributed by atoms with Crippen LogP contribution >= 0.6 is 0 Å². The van der Waals surface area contributed by atoms with Crippen molar-refractivity contribution in [1.29, 1.82) is 0 Å². The lowest BCUT2D eigenvalue weighted by Gasteiger charge is -2.09. The van der Waals surface area contributed by atoms with E-state index in [-0.39, 0.29) is 6.04 Å². The standard InChI is InChI=1S/C14H13N/c1-3-15-11(2)13-10-6-8-12-7-4-5-9-14(12)13/h4-11H,1H2,2H3. The molecule has 1 nitrogen and oxygen atoms in total. The molecule has 1 atom stereocenters. The van der Waals surface area contributed by atoms with Crippen molar-refractivity contribution < 1.29 is 0 Å². The second-order valence-electron chi connectivity index (χ2n) is 3.53. The number of nitrogens with zero attached hydrogens (tertiary/aromatic N) is 1. The van der Waals surface area contributed by atoms with Gasteiger partial charge in [-0.1, -0.05) is 42.5 Å². The molecule has 2 rings (SSSR count). The first-order valence-electron chi connectivity index (χ1n) is 5.02. The fraction of sp³-hybridized carbons (Fsp3) is 0.143. The zero-order valence-corrected chi connectivity index (χ0v) is 8.77. The Hall–Kier alpha value is -1.85. The summed E-state index contributed by atoms with van der Waals surface area (Å²) in [5.74, 6) is 2.61. The largest absolute Gasteiger partial charge is 0.236 e. The van der Waals surface area contributed by atoms with Crippen molar-refractivity contribution >= 4 is 16.6 Å².